The molecule has 2 aromatic heterocycles. The summed E-state index contributed by atoms with van der Waals surface area (Å²) in [5.41, 5.74) is 7.17. The first kappa shape index (κ1) is 21.1. The van der Waals surface area contributed by atoms with E-state index in [4.69, 9.17) is 14.9 Å². The molecule has 0 saturated carbocycles. The second kappa shape index (κ2) is 8.16. The molecule has 4 aromatic rings. The molecule has 0 aliphatic rings. The molecule has 0 radical (unpaired) electrons. The van der Waals surface area contributed by atoms with Crippen molar-refractivity contribution in [1.29, 1.82) is 0 Å². The van der Waals surface area contributed by atoms with Crippen LogP contribution in [0.15, 0.2) is 53.1 Å². The van der Waals surface area contributed by atoms with Crippen LogP contribution in [0.4, 0.5) is 0 Å². The number of oxazole rings is 1. The highest BCUT2D eigenvalue weighted by Crippen LogP contribution is 2.28. The Balaban J connectivity index is 1.78. The fraction of sp³-hybridized carbons (Fsp3) is 0.200. The molecule has 1 amide bonds. The van der Waals surface area contributed by atoms with Crippen LogP contribution >= 0.6 is 0 Å². The van der Waals surface area contributed by atoms with Gasteiger partial charge in [-0.05, 0) is 39.0 Å². The highest BCUT2D eigenvalue weighted by atomic mass is 16.5. The summed E-state index contributed by atoms with van der Waals surface area (Å²) in [7, 11) is 1.55. The summed E-state index contributed by atoms with van der Waals surface area (Å²) in [5.74, 6) is 7.97. The Hall–Kier alpha value is -4.18. The number of carbonyl (C=O) groups excluding carboxylic acids is 1. The third-order valence-corrected chi connectivity index (χ3v) is 4.94. The molecule has 0 atom stereocenters. The van der Waals surface area contributed by atoms with Crippen molar-refractivity contribution in [3.05, 3.63) is 71.6 Å². The van der Waals surface area contributed by atoms with E-state index in [1.54, 1.807) is 31.5 Å². The van der Waals surface area contributed by atoms with E-state index < -0.39 is 11.3 Å². The van der Waals surface area contributed by atoms with Crippen LogP contribution in [0.25, 0.3) is 22.3 Å². The molecule has 7 nitrogen and oxygen atoms in total. The van der Waals surface area contributed by atoms with Gasteiger partial charge in [0.2, 0.25) is 5.89 Å². The smallest absolute Gasteiger partial charge is 0.268 e. The molecule has 2 aromatic carbocycles. The average molecular weight is 426 g/mol. The summed E-state index contributed by atoms with van der Waals surface area (Å²) < 4.78 is 11.1. The maximum absolute atomic E-state index is 12.1. The summed E-state index contributed by atoms with van der Waals surface area (Å²) in [6, 6.07) is 12.8. The molecule has 0 unspecified atom stereocenters. The molecule has 0 fully saturated rings. The molecule has 0 aliphatic heterocycles. The van der Waals surface area contributed by atoms with Gasteiger partial charge in [0.1, 0.15) is 28.1 Å². The van der Waals surface area contributed by atoms with Gasteiger partial charge in [-0.3, -0.25) is 4.79 Å². The molecule has 7 heteroatoms. The standard InChI is InChI=1S/C25H22N4O3/c1-15-14-27-24(32-15)25(2,3)12-11-16-7-5-8-17(13-16)23-28-20-18(21(29-23)22(26)30)9-6-10-19(20)31-4/h5-10,13-14H,1-4H3,(H2,26,30). The van der Waals surface area contributed by atoms with Crippen LogP contribution in [0.2, 0.25) is 0 Å². The Morgan fingerprint density at radius 3 is 2.62 bits per heavy atom. The van der Waals surface area contributed by atoms with Crippen molar-refractivity contribution in [2.45, 2.75) is 26.2 Å². The third-order valence-electron chi connectivity index (χ3n) is 4.94. The first-order valence-electron chi connectivity index (χ1n) is 9.99. The molecule has 0 aliphatic carbocycles. The normalized spacial score (nSPS) is 11.1. The zero-order valence-corrected chi connectivity index (χ0v) is 18.3. The van der Waals surface area contributed by atoms with Crippen LogP contribution in [0, 0.1) is 18.8 Å². The van der Waals surface area contributed by atoms with Crippen LogP contribution in [0.3, 0.4) is 0 Å². The Morgan fingerprint density at radius 2 is 1.94 bits per heavy atom. The van der Waals surface area contributed by atoms with E-state index in [0.29, 0.717) is 33.9 Å². The zero-order chi connectivity index (χ0) is 22.9. The molecule has 32 heavy (non-hydrogen) atoms. The minimum absolute atomic E-state index is 0.140. The van der Waals surface area contributed by atoms with E-state index in [0.717, 1.165) is 11.3 Å². The van der Waals surface area contributed by atoms with Crippen molar-refractivity contribution in [2.24, 2.45) is 5.73 Å². The van der Waals surface area contributed by atoms with Crippen molar-refractivity contribution in [3.63, 3.8) is 0 Å². The highest BCUT2D eigenvalue weighted by Gasteiger charge is 2.23. The van der Waals surface area contributed by atoms with Crippen molar-refractivity contribution in [3.8, 4) is 29.0 Å². The molecule has 4 rings (SSSR count). The number of hydrogen-bond acceptors (Lipinski definition) is 6. The second-order valence-corrected chi connectivity index (χ2v) is 7.85. The van der Waals surface area contributed by atoms with Crippen molar-refractivity contribution in [1.82, 2.24) is 15.0 Å². The van der Waals surface area contributed by atoms with E-state index in [1.165, 1.54) is 0 Å². The minimum atomic E-state index is -0.633. The number of ether oxygens (including phenoxy) is 1. The number of nitrogens with zero attached hydrogens (tertiary/aromatic N) is 3. The topological polar surface area (TPSA) is 104 Å². The Bertz CT molecular complexity index is 1390. The van der Waals surface area contributed by atoms with Gasteiger partial charge in [0.05, 0.1) is 13.3 Å². The number of para-hydroxylation sites is 1. The Kier molecular flexibility index (Phi) is 5.37. The largest absolute Gasteiger partial charge is 0.494 e. The summed E-state index contributed by atoms with van der Waals surface area (Å²) in [6.45, 7) is 5.75. The predicted molar refractivity (Wildman–Crippen MR) is 121 cm³/mol. The maximum atomic E-state index is 12.1. The molecule has 160 valence electrons. The van der Waals surface area contributed by atoms with Crippen LogP contribution in [0.5, 0.6) is 5.75 Å². The number of rotatable bonds is 4. The fourth-order valence-corrected chi connectivity index (χ4v) is 3.27. The Labute approximate surface area is 185 Å². The number of primary amides is 1. The van der Waals surface area contributed by atoms with Gasteiger partial charge in [-0.1, -0.05) is 36.1 Å². The maximum Gasteiger partial charge on any atom is 0.268 e. The lowest BCUT2D eigenvalue weighted by Crippen LogP contribution is -2.15. The van der Waals surface area contributed by atoms with E-state index in [2.05, 4.69) is 26.8 Å². The molecule has 0 spiro atoms. The summed E-state index contributed by atoms with van der Waals surface area (Å²) in [4.78, 5) is 25.4. The molecular weight excluding hydrogens is 404 g/mol. The number of fused-ring (bicyclic) bond motifs is 1. The second-order valence-electron chi connectivity index (χ2n) is 7.85. The van der Waals surface area contributed by atoms with Gasteiger partial charge in [0, 0.05) is 16.5 Å². The van der Waals surface area contributed by atoms with Gasteiger partial charge in [-0.25, -0.2) is 15.0 Å². The molecule has 0 saturated heterocycles. The van der Waals surface area contributed by atoms with Gasteiger partial charge in [0.15, 0.2) is 5.82 Å². The third kappa shape index (κ3) is 4.03. The molecular formula is C25H22N4O3. The summed E-state index contributed by atoms with van der Waals surface area (Å²) in [5, 5.41) is 0.541. The fourth-order valence-electron chi connectivity index (χ4n) is 3.27. The summed E-state index contributed by atoms with van der Waals surface area (Å²) >= 11 is 0. The lowest BCUT2D eigenvalue weighted by atomic mass is 9.94. The van der Waals surface area contributed by atoms with Crippen molar-refractivity contribution in [2.75, 3.05) is 7.11 Å². The lowest BCUT2D eigenvalue weighted by molar-refractivity contribution is 0.0997. The zero-order valence-electron chi connectivity index (χ0n) is 18.3. The molecule has 2 N–H and O–H groups in total. The number of hydrogen-bond donors (Lipinski definition) is 1. The van der Waals surface area contributed by atoms with Crippen molar-refractivity contribution >= 4 is 16.8 Å². The first-order chi connectivity index (χ1) is 15.3. The number of benzene rings is 2. The van der Waals surface area contributed by atoms with Gasteiger partial charge in [0.25, 0.3) is 5.91 Å². The minimum Gasteiger partial charge on any atom is -0.494 e. The number of methoxy groups -OCH3 is 1. The van der Waals surface area contributed by atoms with Crippen LogP contribution in [-0.4, -0.2) is 28.0 Å². The number of nitrogens with two attached hydrogens (primary N) is 1. The van der Waals surface area contributed by atoms with Crippen LogP contribution in [-0.2, 0) is 5.41 Å². The average Bonchev–Trinajstić information content (AvgIpc) is 3.24. The summed E-state index contributed by atoms with van der Waals surface area (Å²) in [6.07, 6.45) is 1.68. The van der Waals surface area contributed by atoms with E-state index in [9.17, 15) is 4.79 Å². The Morgan fingerprint density at radius 1 is 1.16 bits per heavy atom. The van der Waals surface area contributed by atoms with Crippen molar-refractivity contribution < 1.29 is 13.9 Å². The number of aryl methyl sites for hydroxylation is 1. The monoisotopic (exact) mass is 426 g/mol. The quantitative estimate of drug-likeness (QED) is 0.494. The van der Waals surface area contributed by atoms with Gasteiger partial charge >= 0.3 is 0 Å². The van der Waals surface area contributed by atoms with E-state index >= 15 is 0 Å². The molecule has 0 bridgehead atoms. The predicted octanol–water partition coefficient (Wildman–Crippen LogP) is 4.03. The number of carbonyl (C=O) groups is 1. The van der Waals surface area contributed by atoms with Crippen LogP contribution < -0.4 is 10.5 Å². The van der Waals surface area contributed by atoms with Gasteiger partial charge in [-0.2, -0.15) is 0 Å². The van der Waals surface area contributed by atoms with Gasteiger partial charge < -0.3 is 14.9 Å². The molecule has 2 heterocycles. The highest BCUT2D eigenvalue weighted by molar-refractivity contribution is 6.05. The number of amides is 1. The SMILES string of the molecule is COc1cccc2c(C(N)=O)nc(-c3cccc(C#CC(C)(C)c4ncc(C)o4)c3)nc12. The first-order valence-corrected chi connectivity index (χ1v) is 9.99. The van der Waals surface area contributed by atoms with E-state index in [1.807, 2.05) is 45.0 Å². The van der Waals surface area contributed by atoms with E-state index in [-0.39, 0.29) is 5.69 Å². The van der Waals surface area contributed by atoms with Crippen LogP contribution in [0.1, 0.15) is 41.6 Å². The number of aromatic nitrogens is 3. The van der Waals surface area contributed by atoms with Gasteiger partial charge in [-0.15, -0.1) is 0 Å². The lowest BCUT2D eigenvalue weighted by Gasteiger charge is -2.12.